The molecule has 3 rings (SSSR count). The molecule has 7 nitrogen and oxygen atoms in total. The Morgan fingerprint density at radius 2 is 2.06 bits per heavy atom. The van der Waals surface area contributed by atoms with E-state index in [2.05, 4.69) is 24.9 Å². The fourth-order valence-corrected chi connectivity index (χ4v) is 1.50. The highest BCUT2D eigenvalue weighted by Gasteiger charge is 2.04. The molecule has 0 radical (unpaired) electrons. The van der Waals surface area contributed by atoms with Crippen molar-refractivity contribution in [2.45, 2.75) is 0 Å². The maximum absolute atomic E-state index is 11.5. The van der Waals surface area contributed by atoms with E-state index < -0.39 is 11.2 Å². The van der Waals surface area contributed by atoms with Gasteiger partial charge in [0.15, 0.2) is 5.65 Å². The standard InChI is InChI=1S/C9H5N5O2/c15-8-5-1-4-2-10-3-11-6(4)12-7(5)13-9(16)14-8/h1-3H,(H2,10,11,12,13,14,15,16). The molecule has 0 unspecified atom stereocenters. The molecule has 3 aromatic heterocycles. The summed E-state index contributed by atoms with van der Waals surface area (Å²) >= 11 is 0. The van der Waals surface area contributed by atoms with Gasteiger partial charge in [0, 0.05) is 11.6 Å². The monoisotopic (exact) mass is 215 g/mol. The smallest absolute Gasteiger partial charge is 0.291 e. The number of pyridine rings is 1. The van der Waals surface area contributed by atoms with Crippen LogP contribution < -0.4 is 11.2 Å². The van der Waals surface area contributed by atoms with E-state index in [1.807, 2.05) is 0 Å². The molecular formula is C9H5N5O2. The predicted octanol–water partition coefficient (Wildman–Crippen LogP) is -0.445. The molecule has 0 amide bonds. The van der Waals surface area contributed by atoms with Crippen molar-refractivity contribution in [1.82, 2.24) is 24.9 Å². The Morgan fingerprint density at radius 1 is 1.19 bits per heavy atom. The number of H-pyrrole nitrogens is 2. The maximum Gasteiger partial charge on any atom is 0.327 e. The topological polar surface area (TPSA) is 104 Å². The van der Waals surface area contributed by atoms with Crippen molar-refractivity contribution < 1.29 is 0 Å². The van der Waals surface area contributed by atoms with Gasteiger partial charge in [0.05, 0.1) is 5.39 Å². The van der Waals surface area contributed by atoms with Crippen LogP contribution in [0.5, 0.6) is 0 Å². The van der Waals surface area contributed by atoms with Crippen molar-refractivity contribution in [3.8, 4) is 0 Å². The summed E-state index contributed by atoms with van der Waals surface area (Å²) in [7, 11) is 0. The quantitative estimate of drug-likeness (QED) is 0.494. The minimum Gasteiger partial charge on any atom is -0.291 e. The maximum atomic E-state index is 11.5. The van der Waals surface area contributed by atoms with E-state index in [9.17, 15) is 9.59 Å². The molecule has 0 saturated heterocycles. The number of aromatic amines is 2. The third-order valence-corrected chi connectivity index (χ3v) is 2.19. The molecule has 0 atom stereocenters. The molecule has 0 spiro atoms. The summed E-state index contributed by atoms with van der Waals surface area (Å²) in [4.78, 5) is 39.0. The number of rotatable bonds is 0. The van der Waals surface area contributed by atoms with E-state index in [0.29, 0.717) is 16.4 Å². The van der Waals surface area contributed by atoms with E-state index in [0.717, 1.165) is 0 Å². The van der Waals surface area contributed by atoms with Crippen molar-refractivity contribution in [3.05, 3.63) is 39.4 Å². The van der Waals surface area contributed by atoms with Crippen LogP contribution >= 0.6 is 0 Å². The summed E-state index contributed by atoms with van der Waals surface area (Å²) < 4.78 is 0. The Bertz CT molecular complexity index is 804. The van der Waals surface area contributed by atoms with Crippen molar-refractivity contribution in [1.29, 1.82) is 0 Å². The van der Waals surface area contributed by atoms with Gasteiger partial charge in [-0.2, -0.15) is 0 Å². The van der Waals surface area contributed by atoms with Crippen LogP contribution in [-0.4, -0.2) is 24.9 Å². The highest BCUT2D eigenvalue weighted by Crippen LogP contribution is 2.10. The zero-order chi connectivity index (χ0) is 11.1. The van der Waals surface area contributed by atoms with Gasteiger partial charge in [-0.15, -0.1) is 0 Å². The largest absolute Gasteiger partial charge is 0.327 e. The van der Waals surface area contributed by atoms with Crippen molar-refractivity contribution in [3.63, 3.8) is 0 Å². The third kappa shape index (κ3) is 1.18. The second kappa shape index (κ2) is 2.96. The average molecular weight is 215 g/mol. The molecule has 7 heteroatoms. The Balaban J connectivity index is 2.61. The summed E-state index contributed by atoms with van der Waals surface area (Å²) in [6.07, 6.45) is 2.91. The molecule has 0 aliphatic rings. The van der Waals surface area contributed by atoms with Crippen molar-refractivity contribution >= 4 is 22.1 Å². The van der Waals surface area contributed by atoms with Gasteiger partial charge in [-0.3, -0.25) is 14.8 Å². The van der Waals surface area contributed by atoms with Gasteiger partial charge in [0.2, 0.25) is 0 Å². The Kier molecular flexibility index (Phi) is 1.61. The lowest BCUT2D eigenvalue weighted by Crippen LogP contribution is -2.22. The van der Waals surface area contributed by atoms with Crippen LogP contribution in [0.15, 0.2) is 28.2 Å². The average Bonchev–Trinajstić information content (AvgIpc) is 2.27. The molecule has 2 N–H and O–H groups in total. The number of fused-ring (bicyclic) bond motifs is 2. The number of aromatic nitrogens is 5. The van der Waals surface area contributed by atoms with E-state index in [1.165, 1.54) is 6.33 Å². The lowest BCUT2D eigenvalue weighted by atomic mass is 10.2. The fourth-order valence-electron chi connectivity index (χ4n) is 1.50. The van der Waals surface area contributed by atoms with E-state index >= 15 is 0 Å². The summed E-state index contributed by atoms with van der Waals surface area (Å²) in [5.41, 5.74) is -0.404. The Morgan fingerprint density at radius 3 is 2.94 bits per heavy atom. The normalized spacial score (nSPS) is 11.0. The van der Waals surface area contributed by atoms with Crippen molar-refractivity contribution in [2.75, 3.05) is 0 Å². The van der Waals surface area contributed by atoms with Gasteiger partial charge < -0.3 is 0 Å². The third-order valence-electron chi connectivity index (χ3n) is 2.19. The van der Waals surface area contributed by atoms with Gasteiger partial charge in [-0.05, 0) is 6.07 Å². The molecule has 0 saturated carbocycles. The van der Waals surface area contributed by atoms with Gasteiger partial charge in [-0.25, -0.2) is 19.7 Å². The summed E-state index contributed by atoms with van der Waals surface area (Å²) in [5.74, 6) is 0. The first kappa shape index (κ1) is 8.72. The molecule has 0 aromatic carbocycles. The summed E-state index contributed by atoms with van der Waals surface area (Å²) in [5, 5.41) is 0.953. The SMILES string of the molecule is O=c1[nH]c(=O)c2cc3cncnc3nc2[nH]1. The van der Waals surface area contributed by atoms with Crippen LogP contribution in [0.4, 0.5) is 0 Å². The highest BCUT2D eigenvalue weighted by atomic mass is 16.2. The lowest BCUT2D eigenvalue weighted by Gasteiger charge is -1.98. The summed E-state index contributed by atoms with van der Waals surface area (Å²) in [6, 6.07) is 1.59. The van der Waals surface area contributed by atoms with E-state index in [4.69, 9.17) is 0 Å². The zero-order valence-electron chi connectivity index (χ0n) is 7.89. The highest BCUT2D eigenvalue weighted by molar-refractivity contribution is 5.87. The lowest BCUT2D eigenvalue weighted by molar-refractivity contribution is 1.06. The number of hydrogen-bond acceptors (Lipinski definition) is 5. The van der Waals surface area contributed by atoms with Gasteiger partial charge in [0.1, 0.15) is 12.0 Å². The molecule has 78 valence electrons. The van der Waals surface area contributed by atoms with Gasteiger partial charge in [0.25, 0.3) is 5.56 Å². The molecule has 0 aliphatic heterocycles. The number of nitrogens with zero attached hydrogens (tertiary/aromatic N) is 3. The van der Waals surface area contributed by atoms with Crippen LogP contribution in [-0.2, 0) is 0 Å². The molecule has 0 fully saturated rings. The second-order valence-corrected chi connectivity index (χ2v) is 3.23. The second-order valence-electron chi connectivity index (χ2n) is 3.23. The molecule has 3 heterocycles. The van der Waals surface area contributed by atoms with Crippen LogP contribution in [0.25, 0.3) is 22.1 Å². The summed E-state index contributed by atoms with van der Waals surface area (Å²) in [6.45, 7) is 0. The van der Waals surface area contributed by atoms with Crippen LogP contribution in [0.1, 0.15) is 0 Å². The first-order valence-corrected chi connectivity index (χ1v) is 4.47. The molecule has 0 aliphatic carbocycles. The van der Waals surface area contributed by atoms with Crippen LogP contribution in [0.2, 0.25) is 0 Å². The van der Waals surface area contributed by atoms with Gasteiger partial charge >= 0.3 is 5.69 Å². The van der Waals surface area contributed by atoms with Gasteiger partial charge in [-0.1, -0.05) is 0 Å². The van der Waals surface area contributed by atoms with Crippen LogP contribution in [0, 0.1) is 0 Å². The van der Waals surface area contributed by atoms with E-state index in [1.54, 1.807) is 12.3 Å². The molecule has 3 aromatic rings. The fraction of sp³-hybridized carbons (Fsp3) is 0. The van der Waals surface area contributed by atoms with E-state index in [-0.39, 0.29) is 5.65 Å². The first-order valence-electron chi connectivity index (χ1n) is 4.47. The minimum absolute atomic E-state index is 0.222. The van der Waals surface area contributed by atoms with Crippen LogP contribution in [0.3, 0.4) is 0 Å². The Hall–Kier alpha value is -2.57. The zero-order valence-corrected chi connectivity index (χ0v) is 7.89. The predicted molar refractivity (Wildman–Crippen MR) is 56.1 cm³/mol. The first-order chi connectivity index (χ1) is 7.74. The Labute approximate surface area is 87.2 Å². The molecule has 16 heavy (non-hydrogen) atoms. The number of nitrogens with one attached hydrogen (secondary N) is 2. The molecule has 0 bridgehead atoms. The molecular weight excluding hydrogens is 210 g/mol. The number of hydrogen-bond donors (Lipinski definition) is 2. The minimum atomic E-state index is -0.585. The van der Waals surface area contributed by atoms with Crippen molar-refractivity contribution in [2.24, 2.45) is 0 Å².